The molecule has 9 heteroatoms. The number of pyridine rings is 1. The van der Waals surface area contributed by atoms with Crippen molar-refractivity contribution in [2.45, 2.75) is 0 Å². The van der Waals surface area contributed by atoms with Crippen molar-refractivity contribution in [1.82, 2.24) is 34.9 Å². The van der Waals surface area contributed by atoms with E-state index in [0.29, 0.717) is 23.3 Å². The molecule has 126 valence electrons. The number of aromatic nitrogens is 7. The molecule has 4 heterocycles. The van der Waals surface area contributed by atoms with Gasteiger partial charge < -0.3 is 0 Å². The molecule has 0 aliphatic heterocycles. The van der Waals surface area contributed by atoms with Gasteiger partial charge in [-0.15, -0.1) is 0 Å². The molecular formula is C17H13N9. The Kier molecular flexibility index (Phi) is 4.33. The predicted molar refractivity (Wildman–Crippen MR) is 94.6 cm³/mol. The van der Waals surface area contributed by atoms with Crippen LogP contribution in [0.15, 0.2) is 80.2 Å². The Morgan fingerprint density at radius 1 is 0.500 bits per heavy atom. The van der Waals surface area contributed by atoms with Crippen molar-refractivity contribution >= 4 is 23.3 Å². The summed E-state index contributed by atoms with van der Waals surface area (Å²) in [6.07, 6.45) is 14.5. The Bertz CT molecular complexity index is 777. The third-order valence-corrected chi connectivity index (χ3v) is 3.38. The molecule has 0 bridgehead atoms. The molecule has 0 amide bonds. The van der Waals surface area contributed by atoms with Crippen LogP contribution in [0, 0.1) is 0 Å². The summed E-state index contributed by atoms with van der Waals surface area (Å²) < 4.78 is 0. The van der Waals surface area contributed by atoms with Crippen molar-refractivity contribution in [3.63, 3.8) is 0 Å². The SMILES string of the molecule is c1ccc(N(c2cnccn2)N(c2ccncn2)c2cnccn2)nc1. The second-order valence-electron chi connectivity index (χ2n) is 5.01. The molecule has 0 spiro atoms. The minimum atomic E-state index is 0.544. The van der Waals surface area contributed by atoms with Crippen LogP contribution >= 0.6 is 0 Å². The summed E-state index contributed by atoms with van der Waals surface area (Å²) in [5, 5.41) is 3.51. The summed E-state index contributed by atoms with van der Waals surface area (Å²) >= 11 is 0. The highest BCUT2D eigenvalue weighted by Gasteiger charge is 2.25. The summed E-state index contributed by atoms with van der Waals surface area (Å²) in [6.45, 7) is 0. The van der Waals surface area contributed by atoms with Crippen LogP contribution in [0.5, 0.6) is 0 Å². The lowest BCUT2D eigenvalue weighted by molar-refractivity contribution is 0.880. The molecular weight excluding hydrogens is 330 g/mol. The van der Waals surface area contributed by atoms with Crippen LogP contribution in [0.4, 0.5) is 23.3 Å². The van der Waals surface area contributed by atoms with E-state index in [9.17, 15) is 0 Å². The normalized spacial score (nSPS) is 10.3. The summed E-state index contributed by atoms with van der Waals surface area (Å²) in [7, 11) is 0. The lowest BCUT2D eigenvalue weighted by Gasteiger charge is -2.33. The van der Waals surface area contributed by atoms with E-state index in [2.05, 4.69) is 34.9 Å². The van der Waals surface area contributed by atoms with Gasteiger partial charge in [-0.1, -0.05) is 6.07 Å². The van der Waals surface area contributed by atoms with E-state index in [1.54, 1.807) is 65.7 Å². The summed E-state index contributed by atoms with van der Waals surface area (Å²) in [4.78, 5) is 30.0. The molecule has 0 radical (unpaired) electrons. The molecule has 0 aliphatic carbocycles. The number of anilines is 4. The second-order valence-corrected chi connectivity index (χ2v) is 5.01. The van der Waals surface area contributed by atoms with Gasteiger partial charge in [-0.25, -0.2) is 34.9 Å². The summed E-state index contributed by atoms with van der Waals surface area (Å²) in [6, 6.07) is 7.36. The minimum Gasteiger partial charge on any atom is -0.259 e. The third-order valence-electron chi connectivity index (χ3n) is 3.38. The van der Waals surface area contributed by atoms with E-state index in [0.717, 1.165) is 0 Å². The third kappa shape index (κ3) is 3.13. The Balaban J connectivity index is 1.93. The van der Waals surface area contributed by atoms with Crippen LogP contribution in [0.25, 0.3) is 0 Å². The van der Waals surface area contributed by atoms with E-state index in [-0.39, 0.29) is 0 Å². The van der Waals surface area contributed by atoms with Gasteiger partial charge in [0.2, 0.25) is 0 Å². The largest absolute Gasteiger partial charge is 0.259 e. The maximum absolute atomic E-state index is 4.45. The van der Waals surface area contributed by atoms with Crippen molar-refractivity contribution in [3.05, 3.63) is 80.2 Å². The molecule has 0 unspecified atom stereocenters. The first-order valence-electron chi connectivity index (χ1n) is 7.73. The van der Waals surface area contributed by atoms with Crippen LogP contribution < -0.4 is 10.0 Å². The first kappa shape index (κ1) is 15.5. The van der Waals surface area contributed by atoms with Crippen molar-refractivity contribution in [2.24, 2.45) is 0 Å². The van der Waals surface area contributed by atoms with E-state index in [1.165, 1.54) is 6.33 Å². The quantitative estimate of drug-likeness (QED) is 0.506. The molecule has 4 rings (SSSR count). The Hall–Kier alpha value is -4.01. The fourth-order valence-electron chi connectivity index (χ4n) is 2.33. The fourth-order valence-corrected chi connectivity index (χ4v) is 2.33. The van der Waals surface area contributed by atoms with E-state index >= 15 is 0 Å². The first-order chi connectivity index (χ1) is 12.9. The number of rotatable bonds is 5. The molecule has 4 aromatic heterocycles. The fraction of sp³-hybridized carbons (Fsp3) is 0. The van der Waals surface area contributed by atoms with Crippen molar-refractivity contribution < 1.29 is 0 Å². The number of hydrogen-bond acceptors (Lipinski definition) is 9. The van der Waals surface area contributed by atoms with E-state index in [1.807, 2.05) is 18.2 Å². The van der Waals surface area contributed by atoms with Crippen LogP contribution in [0.2, 0.25) is 0 Å². The molecule has 0 aliphatic rings. The smallest absolute Gasteiger partial charge is 0.172 e. The zero-order valence-electron chi connectivity index (χ0n) is 13.5. The van der Waals surface area contributed by atoms with Crippen LogP contribution in [0.3, 0.4) is 0 Å². The average molecular weight is 343 g/mol. The maximum Gasteiger partial charge on any atom is 0.172 e. The number of nitrogens with zero attached hydrogens (tertiary/aromatic N) is 9. The monoisotopic (exact) mass is 343 g/mol. The molecule has 0 atom stereocenters. The second kappa shape index (κ2) is 7.26. The topological polar surface area (TPSA) is 96.7 Å². The highest BCUT2D eigenvalue weighted by atomic mass is 15.7. The molecule has 0 aromatic carbocycles. The van der Waals surface area contributed by atoms with E-state index in [4.69, 9.17) is 0 Å². The van der Waals surface area contributed by atoms with Gasteiger partial charge in [-0.2, -0.15) is 0 Å². The van der Waals surface area contributed by atoms with Gasteiger partial charge in [0.25, 0.3) is 0 Å². The molecule has 26 heavy (non-hydrogen) atoms. The van der Waals surface area contributed by atoms with Gasteiger partial charge in [0.1, 0.15) is 6.33 Å². The van der Waals surface area contributed by atoms with E-state index < -0.39 is 0 Å². The number of hydrogen-bond donors (Lipinski definition) is 0. The summed E-state index contributed by atoms with van der Waals surface area (Å²) in [5.74, 6) is 2.30. The highest BCUT2D eigenvalue weighted by Crippen LogP contribution is 2.31. The Morgan fingerprint density at radius 2 is 1.15 bits per heavy atom. The lowest BCUT2D eigenvalue weighted by Crippen LogP contribution is -2.38. The first-order valence-corrected chi connectivity index (χ1v) is 7.73. The lowest BCUT2D eigenvalue weighted by atomic mass is 10.4. The molecule has 0 saturated carbocycles. The molecule has 9 nitrogen and oxygen atoms in total. The standard InChI is InChI=1S/C17H13N9/c1-2-5-21-14(3-1)25(16-11-18-7-9-22-16)26(15-4-6-20-13-24-15)17-12-19-8-10-23-17/h1-13H. The molecule has 0 fully saturated rings. The maximum atomic E-state index is 4.45. The van der Waals surface area contributed by atoms with Gasteiger partial charge in [0.15, 0.2) is 23.3 Å². The van der Waals surface area contributed by atoms with Gasteiger partial charge in [0, 0.05) is 43.2 Å². The van der Waals surface area contributed by atoms with Crippen LogP contribution in [0.1, 0.15) is 0 Å². The summed E-state index contributed by atoms with van der Waals surface area (Å²) in [5.41, 5.74) is 0. The van der Waals surface area contributed by atoms with Crippen LogP contribution in [-0.2, 0) is 0 Å². The zero-order valence-corrected chi connectivity index (χ0v) is 13.5. The van der Waals surface area contributed by atoms with Gasteiger partial charge in [-0.3, -0.25) is 9.97 Å². The molecule has 0 N–H and O–H groups in total. The average Bonchev–Trinajstić information content (AvgIpc) is 2.74. The molecule has 0 saturated heterocycles. The van der Waals surface area contributed by atoms with Gasteiger partial charge in [0.05, 0.1) is 12.4 Å². The van der Waals surface area contributed by atoms with Crippen molar-refractivity contribution in [1.29, 1.82) is 0 Å². The Labute approximate surface area is 149 Å². The zero-order chi connectivity index (χ0) is 17.6. The van der Waals surface area contributed by atoms with Crippen molar-refractivity contribution in [2.75, 3.05) is 10.0 Å². The minimum absolute atomic E-state index is 0.544. The highest BCUT2D eigenvalue weighted by molar-refractivity contribution is 5.69. The van der Waals surface area contributed by atoms with Crippen molar-refractivity contribution in [3.8, 4) is 0 Å². The van der Waals surface area contributed by atoms with Crippen LogP contribution in [-0.4, -0.2) is 34.9 Å². The van der Waals surface area contributed by atoms with Gasteiger partial charge in [-0.05, 0) is 12.1 Å². The number of hydrazine groups is 1. The molecule has 4 aromatic rings. The Morgan fingerprint density at radius 3 is 1.65 bits per heavy atom. The predicted octanol–water partition coefficient (Wildman–Crippen LogP) is 2.34. The van der Waals surface area contributed by atoms with Gasteiger partial charge >= 0.3 is 0 Å².